The molecule has 0 fully saturated rings. The normalized spacial score (nSPS) is 11.4. The molecule has 0 saturated carbocycles. The topological polar surface area (TPSA) is 81.8 Å². The van der Waals surface area contributed by atoms with Gasteiger partial charge in [0.25, 0.3) is 0 Å². The van der Waals surface area contributed by atoms with E-state index >= 15 is 0 Å². The Morgan fingerprint density at radius 3 is 2.48 bits per heavy atom. The molecule has 0 spiro atoms. The molecular formula is C10H4ClF3N4O2S. The minimum Gasteiger partial charge on any atom is -0.258 e. The van der Waals surface area contributed by atoms with Crippen LogP contribution in [0.5, 0.6) is 0 Å². The minimum atomic E-state index is -4.50. The second-order valence-corrected chi connectivity index (χ2v) is 4.92. The van der Waals surface area contributed by atoms with E-state index in [-0.39, 0.29) is 15.3 Å². The van der Waals surface area contributed by atoms with Crippen LogP contribution in [0.25, 0.3) is 0 Å². The minimum absolute atomic E-state index is 0.104. The Kier molecular flexibility index (Phi) is 4.28. The highest BCUT2D eigenvalue weighted by Gasteiger charge is 2.30. The molecule has 21 heavy (non-hydrogen) atoms. The molecule has 0 bridgehead atoms. The lowest BCUT2D eigenvalue weighted by Crippen LogP contribution is -2.05. The summed E-state index contributed by atoms with van der Waals surface area (Å²) >= 11 is 6.27. The van der Waals surface area contributed by atoms with Gasteiger partial charge in [0.1, 0.15) is 11.2 Å². The van der Waals surface area contributed by atoms with Crippen molar-refractivity contribution in [3.63, 3.8) is 0 Å². The number of halogens is 4. The quantitative estimate of drug-likeness (QED) is 0.368. The Bertz CT molecular complexity index is 681. The molecule has 0 saturated heterocycles. The van der Waals surface area contributed by atoms with Gasteiger partial charge in [0.15, 0.2) is 5.03 Å². The summed E-state index contributed by atoms with van der Waals surface area (Å²) in [4.78, 5) is 20.8. The number of nitrogens with zero attached hydrogens (tertiary/aromatic N) is 4. The van der Waals surface area contributed by atoms with Crippen LogP contribution in [0.2, 0.25) is 5.28 Å². The summed E-state index contributed by atoms with van der Waals surface area (Å²) in [7, 11) is 0. The van der Waals surface area contributed by atoms with Gasteiger partial charge in [-0.1, -0.05) is 0 Å². The van der Waals surface area contributed by atoms with Crippen LogP contribution in [0.1, 0.15) is 5.56 Å². The third-order valence-corrected chi connectivity index (χ3v) is 3.29. The summed E-state index contributed by atoms with van der Waals surface area (Å²) in [6, 6.07) is 1.91. The Morgan fingerprint density at radius 2 is 1.95 bits per heavy atom. The van der Waals surface area contributed by atoms with Gasteiger partial charge < -0.3 is 0 Å². The van der Waals surface area contributed by atoms with E-state index < -0.39 is 22.4 Å². The predicted octanol–water partition coefficient (Wildman–Crippen LogP) is 3.60. The van der Waals surface area contributed by atoms with E-state index in [1.807, 2.05) is 0 Å². The average molecular weight is 337 g/mol. The van der Waals surface area contributed by atoms with Crippen molar-refractivity contribution in [1.82, 2.24) is 15.0 Å². The van der Waals surface area contributed by atoms with Crippen LogP contribution in [0, 0.1) is 10.1 Å². The van der Waals surface area contributed by atoms with Gasteiger partial charge in [0.05, 0.1) is 10.5 Å². The maximum absolute atomic E-state index is 12.4. The van der Waals surface area contributed by atoms with Crippen molar-refractivity contribution in [3.8, 4) is 0 Å². The summed E-state index contributed by atoms with van der Waals surface area (Å²) in [6.07, 6.45) is -2.95. The van der Waals surface area contributed by atoms with Crippen LogP contribution < -0.4 is 0 Å². The molecule has 2 heterocycles. The molecular weight excluding hydrogens is 333 g/mol. The molecule has 0 aromatic carbocycles. The number of rotatable bonds is 3. The van der Waals surface area contributed by atoms with Crippen molar-refractivity contribution in [2.24, 2.45) is 0 Å². The van der Waals surface area contributed by atoms with Gasteiger partial charge in [-0.2, -0.15) is 13.2 Å². The Labute approximate surface area is 124 Å². The van der Waals surface area contributed by atoms with E-state index in [2.05, 4.69) is 15.0 Å². The van der Waals surface area contributed by atoms with E-state index in [4.69, 9.17) is 11.6 Å². The van der Waals surface area contributed by atoms with Gasteiger partial charge in [0.2, 0.25) is 5.28 Å². The van der Waals surface area contributed by atoms with Crippen molar-refractivity contribution in [1.29, 1.82) is 0 Å². The van der Waals surface area contributed by atoms with E-state index in [9.17, 15) is 23.3 Å². The smallest absolute Gasteiger partial charge is 0.258 e. The number of hydrogen-bond donors (Lipinski definition) is 0. The molecule has 11 heteroatoms. The number of alkyl halides is 3. The highest BCUT2D eigenvalue weighted by atomic mass is 35.5. The van der Waals surface area contributed by atoms with E-state index in [1.165, 1.54) is 0 Å². The van der Waals surface area contributed by atoms with Crippen LogP contribution in [0.4, 0.5) is 18.9 Å². The SMILES string of the molecule is O=[N+]([O-])c1cnc(Cl)nc1Sc1ccc(C(F)(F)F)cn1. The summed E-state index contributed by atoms with van der Waals surface area (Å²) in [5, 5.41) is 10.6. The fraction of sp³-hybridized carbons (Fsp3) is 0.100. The molecule has 2 aromatic heterocycles. The molecule has 0 unspecified atom stereocenters. The van der Waals surface area contributed by atoms with Crippen molar-refractivity contribution >= 4 is 29.1 Å². The van der Waals surface area contributed by atoms with Crippen molar-refractivity contribution in [2.45, 2.75) is 16.2 Å². The number of pyridine rings is 1. The van der Waals surface area contributed by atoms with Gasteiger partial charge in [-0.3, -0.25) is 10.1 Å². The number of aromatic nitrogens is 3. The molecule has 0 aliphatic carbocycles. The van der Waals surface area contributed by atoms with Crippen LogP contribution >= 0.6 is 23.4 Å². The lowest BCUT2D eigenvalue weighted by Gasteiger charge is -2.06. The standard InChI is InChI=1S/C10H4ClF3N4O2S/c11-9-16-4-6(18(19)20)8(17-9)21-7-2-1-5(3-15-7)10(12,13)14/h1-4H. The zero-order valence-corrected chi connectivity index (χ0v) is 11.4. The summed E-state index contributed by atoms with van der Waals surface area (Å²) in [5.41, 5.74) is -1.33. The molecule has 6 nitrogen and oxygen atoms in total. The predicted molar refractivity (Wildman–Crippen MR) is 67.1 cm³/mol. The fourth-order valence-corrected chi connectivity index (χ4v) is 2.23. The Balaban J connectivity index is 2.30. The third-order valence-electron chi connectivity index (χ3n) is 2.17. The van der Waals surface area contributed by atoms with Gasteiger partial charge in [0, 0.05) is 6.20 Å². The Morgan fingerprint density at radius 1 is 1.24 bits per heavy atom. The van der Waals surface area contributed by atoms with Gasteiger partial charge in [-0.05, 0) is 35.5 Å². The third kappa shape index (κ3) is 3.79. The largest absolute Gasteiger partial charge is 0.417 e. The first-order valence-electron chi connectivity index (χ1n) is 5.15. The van der Waals surface area contributed by atoms with Crippen LogP contribution in [-0.2, 0) is 6.18 Å². The van der Waals surface area contributed by atoms with Crippen molar-refractivity contribution in [3.05, 3.63) is 45.5 Å². The summed E-state index contributed by atoms with van der Waals surface area (Å²) in [5.74, 6) is 0. The van der Waals surface area contributed by atoms with Gasteiger partial charge >= 0.3 is 11.9 Å². The molecule has 0 N–H and O–H groups in total. The Hall–Kier alpha value is -1.94. The first kappa shape index (κ1) is 15.4. The maximum Gasteiger partial charge on any atom is 0.417 e. The second kappa shape index (κ2) is 5.82. The van der Waals surface area contributed by atoms with Gasteiger partial charge in [-0.25, -0.2) is 15.0 Å². The van der Waals surface area contributed by atoms with Crippen LogP contribution in [0.15, 0.2) is 34.6 Å². The van der Waals surface area contributed by atoms with E-state index in [0.29, 0.717) is 6.20 Å². The molecule has 0 atom stereocenters. The molecule has 0 aliphatic rings. The summed E-state index contributed by atoms with van der Waals surface area (Å²) in [6.45, 7) is 0. The number of nitro groups is 1. The second-order valence-electron chi connectivity index (χ2n) is 3.57. The highest BCUT2D eigenvalue weighted by Crippen LogP contribution is 2.34. The molecule has 110 valence electrons. The van der Waals surface area contributed by atoms with E-state index in [0.717, 1.165) is 30.1 Å². The highest BCUT2D eigenvalue weighted by molar-refractivity contribution is 7.99. The molecule has 2 aromatic rings. The van der Waals surface area contributed by atoms with Crippen molar-refractivity contribution in [2.75, 3.05) is 0 Å². The monoisotopic (exact) mass is 336 g/mol. The van der Waals surface area contributed by atoms with Crippen LogP contribution in [-0.4, -0.2) is 19.9 Å². The van der Waals surface area contributed by atoms with E-state index in [1.54, 1.807) is 0 Å². The molecule has 0 aliphatic heterocycles. The van der Waals surface area contributed by atoms with Crippen LogP contribution in [0.3, 0.4) is 0 Å². The maximum atomic E-state index is 12.4. The zero-order chi connectivity index (χ0) is 15.6. The average Bonchev–Trinajstić information content (AvgIpc) is 2.38. The zero-order valence-electron chi connectivity index (χ0n) is 9.83. The summed E-state index contributed by atoms with van der Waals surface area (Å²) < 4.78 is 37.2. The fourth-order valence-electron chi connectivity index (χ4n) is 1.25. The lowest BCUT2D eigenvalue weighted by molar-refractivity contribution is -0.388. The lowest BCUT2D eigenvalue weighted by atomic mass is 10.3. The molecule has 0 amide bonds. The van der Waals surface area contributed by atoms with Gasteiger partial charge in [-0.15, -0.1) is 0 Å². The van der Waals surface area contributed by atoms with Crippen molar-refractivity contribution < 1.29 is 18.1 Å². The molecule has 2 rings (SSSR count). The molecule has 0 radical (unpaired) electrons. The first-order chi connectivity index (χ1) is 9.77. The first-order valence-corrected chi connectivity index (χ1v) is 6.35. The number of hydrogen-bond acceptors (Lipinski definition) is 6.